The lowest BCUT2D eigenvalue weighted by Crippen LogP contribution is -2.38. The second-order valence-electron chi connectivity index (χ2n) is 6.00. The molecule has 0 aliphatic heterocycles. The summed E-state index contributed by atoms with van der Waals surface area (Å²) >= 11 is 0. The molecule has 1 heterocycles. The minimum Gasteiger partial charge on any atom is -0.478 e. The number of ether oxygens (including phenoxy) is 2. The molecule has 2 N–H and O–H groups in total. The second-order valence-corrected chi connectivity index (χ2v) is 6.00. The van der Waals surface area contributed by atoms with Crippen LogP contribution in [0.1, 0.15) is 39.2 Å². The molecular weight excluding hydrogens is 304 g/mol. The lowest BCUT2D eigenvalue weighted by atomic mass is 10.1. The minimum absolute atomic E-state index is 0.662. The highest BCUT2D eigenvalue weighted by Gasteiger charge is 2.00. The molecule has 6 heteroatoms. The van der Waals surface area contributed by atoms with E-state index in [2.05, 4.69) is 41.4 Å². The standard InChI is InChI=1S/C18H32N4O2/c1-5-10-24-17-7-6-16(13-21-17)14-22-18(19-4)20-9-12-23-11-8-15(2)3/h6-7,13,15H,5,8-12,14H2,1-4H3,(H2,19,20,22). The first-order valence-corrected chi connectivity index (χ1v) is 8.75. The monoisotopic (exact) mass is 336 g/mol. The van der Waals surface area contributed by atoms with E-state index in [1.165, 1.54) is 0 Å². The Bertz CT molecular complexity index is 461. The molecule has 1 rings (SSSR count). The first-order chi connectivity index (χ1) is 11.7. The lowest BCUT2D eigenvalue weighted by Gasteiger charge is -2.12. The largest absolute Gasteiger partial charge is 0.478 e. The van der Waals surface area contributed by atoms with Crippen molar-refractivity contribution in [1.29, 1.82) is 0 Å². The Hall–Kier alpha value is -1.82. The van der Waals surface area contributed by atoms with Crippen molar-refractivity contribution in [2.24, 2.45) is 10.9 Å². The van der Waals surface area contributed by atoms with Crippen molar-refractivity contribution in [3.63, 3.8) is 0 Å². The summed E-state index contributed by atoms with van der Waals surface area (Å²) < 4.78 is 11.1. The van der Waals surface area contributed by atoms with Crippen molar-refractivity contribution in [3.8, 4) is 5.88 Å². The Labute approximate surface area is 146 Å². The molecule has 0 aliphatic carbocycles. The van der Waals surface area contributed by atoms with Crippen molar-refractivity contribution < 1.29 is 9.47 Å². The number of hydrogen-bond donors (Lipinski definition) is 2. The van der Waals surface area contributed by atoms with Crippen molar-refractivity contribution in [1.82, 2.24) is 15.6 Å². The normalized spacial score (nSPS) is 11.6. The van der Waals surface area contributed by atoms with Gasteiger partial charge in [0.05, 0.1) is 13.2 Å². The summed E-state index contributed by atoms with van der Waals surface area (Å²) in [7, 11) is 1.76. The fourth-order valence-corrected chi connectivity index (χ4v) is 1.88. The molecule has 1 aromatic rings. The summed E-state index contributed by atoms with van der Waals surface area (Å²) in [6.07, 6.45) is 3.90. The van der Waals surface area contributed by atoms with E-state index in [9.17, 15) is 0 Å². The highest BCUT2D eigenvalue weighted by atomic mass is 16.5. The van der Waals surface area contributed by atoms with Gasteiger partial charge >= 0.3 is 0 Å². The van der Waals surface area contributed by atoms with Gasteiger partial charge in [0.25, 0.3) is 0 Å². The Balaban J connectivity index is 2.21. The molecule has 0 atom stereocenters. The zero-order valence-corrected chi connectivity index (χ0v) is 15.5. The van der Waals surface area contributed by atoms with Crippen LogP contribution < -0.4 is 15.4 Å². The van der Waals surface area contributed by atoms with Gasteiger partial charge in [-0.2, -0.15) is 0 Å². The Morgan fingerprint density at radius 1 is 1.21 bits per heavy atom. The quantitative estimate of drug-likeness (QED) is 0.369. The van der Waals surface area contributed by atoms with Gasteiger partial charge in [-0.3, -0.25) is 4.99 Å². The van der Waals surface area contributed by atoms with Crippen LogP contribution in [0.5, 0.6) is 5.88 Å². The van der Waals surface area contributed by atoms with Gasteiger partial charge in [-0.25, -0.2) is 4.98 Å². The van der Waals surface area contributed by atoms with Gasteiger partial charge in [0, 0.05) is 39.0 Å². The number of aliphatic imine (C=N–C) groups is 1. The van der Waals surface area contributed by atoms with Crippen molar-refractivity contribution in [2.45, 2.75) is 40.2 Å². The van der Waals surface area contributed by atoms with E-state index in [1.807, 2.05) is 18.3 Å². The SMILES string of the molecule is CCCOc1ccc(CNC(=NC)NCCOCCC(C)C)cn1. The smallest absolute Gasteiger partial charge is 0.213 e. The molecule has 0 fully saturated rings. The predicted octanol–water partition coefficient (Wildman–Crippen LogP) is 2.60. The zero-order valence-electron chi connectivity index (χ0n) is 15.5. The summed E-state index contributed by atoms with van der Waals surface area (Å²) in [4.78, 5) is 8.49. The highest BCUT2D eigenvalue weighted by molar-refractivity contribution is 5.79. The maximum atomic E-state index is 5.58. The van der Waals surface area contributed by atoms with Crippen LogP contribution in [0.4, 0.5) is 0 Å². The molecule has 0 aliphatic rings. The molecule has 6 nitrogen and oxygen atoms in total. The van der Waals surface area contributed by atoms with Gasteiger partial charge in [0.2, 0.25) is 5.88 Å². The van der Waals surface area contributed by atoms with Crippen LogP contribution in [-0.2, 0) is 11.3 Å². The second kappa shape index (κ2) is 12.6. The summed E-state index contributed by atoms with van der Waals surface area (Å²) in [6.45, 7) is 10.1. The Kier molecular flexibility index (Phi) is 10.6. The van der Waals surface area contributed by atoms with Crippen LogP contribution in [0.2, 0.25) is 0 Å². The van der Waals surface area contributed by atoms with Crippen LogP contribution in [0, 0.1) is 5.92 Å². The van der Waals surface area contributed by atoms with E-state index in [1.54, 1.807) is 7.05 Å². The van der Waals surface area contributed by atoms with Crippen LogP contribution in [0.25, 0.3) is 0 Å². The molecule has 0 spiro atoms. The number of nitrogens with one attached hydrogen (secondary N) is 2. The number of aromatic nitrogens is 1. The van der Waals surface area contributed by atoms with Gasteiger partial charge in [-0.15, -0.1) is 0 Å². The Morgan fingerprint density at radius 3 is 2.67 bits per heavy atom. The van der Waals surface area contributed by atoms with Crippen molar-refractivity contribution >= 4 is 5.96 Å². The third-order valence-electron chi connectivity index (χ3n) is 3.31. The van der Waals surface area contributed by atoms with E-state index < -0.39 is 0 Å². The van der Waals surface area contributed by atoms with Gasteiger partial charge in [-0.1, -0.05) is 26.8 Å². The summed E-state index contributed by atoms with van der Waals surface area (Å²) in [5.41, 5.74) is 1.08. The van der Waals surface area contributed by atoms with Crippen LogP contribution in [0.3, 0.4) is 0 Å². The third kappa shape index (κ3) is 9.35. The molecule has 0 saturated heterocycles. The molecule has 0 aromatic carbocycles. The maximum absolute atomic E-state index is 5.58. The molecule has 0 unspecified atom stereocenters. The molecule has 136 valence electrons. The topological polar surface area (TPSA) is 67.8 Å². The first-order valence-electron chi connectivity index (χ1n) is 8.75. The number of hydrogen-bond acceptors (Lipinski definition) is 4. The van der Waals surface area contributed by atoms with E-state index in [4.69, 9.17) is 9.47 Å². The van der Waals surface area contributed by atoms with Gasteiger partial charge in [0.15, 0.2) is 5.96 Å². The van der Waals surface area contributed by atoms with Gasteiger partial charge < -0.3 is 20.1 Å². The fourth-order valence-electron chi connectivity index (χ4n) is 1.88. The number of rotatable bonds is 11. The number of nitrogens with zero attached hydrogens (tertiary/aromatic N) is 2. The maximum Gasteiger partial charge on any atom is 0.213 e. The van der Waals surface area contributed by atoms with Crippen molar-refractivity contribution in [2.75, 3.05) is 33.4 Å². The summed E-state index contributed by atoms with van der Waals surface area (Å²) in [5.74, 6) is 2.11. The average molecular weight is 336 g/mol. The fraction of sp³-hybridized carbons (Fsp3) is 0.667. The number of guanidine groups is 1. The average Bonchev–Trinajstić information content (AvgIpc) is 2.59. The predicted molar refractivity (Wildman–Crippen MR) is 98.5 cm³/mol. The van der Waals surface area contributed by atoms with Gasteiger partial charge in [0.1, 0.15) is 0 Å². The highest BCUT2D eigenvalue weighted by Crippen LogP contribution is 2.07. The minimum atomic E-state index is 0.662. The number of pyridine rings is 1. The van der Waals surface area contributed by atoms with Gasteiger partial charge in [-0.05, 0) is 24.3 Å². The van der Waals surface area contributed by atoms with E-state index >= 15 is 0 Å². The molecule has 0 saturated carbocycles. The molecule has 24 heavy (non-hydrogen) atoms. The molecule has 0 radical (unpaired) electrons. The van der Waals surface area contributed by atoms with Crippen LogP contribution >= 0.6 is 0 Å². The van der Waals surface area contributed by atoms with Crippen LogP contribution in [-0.4, -0.2) is 44.4 Å². The molecule has 0 amide bonds. The van der Waals surface area contributed by atoms with Crippen molar-refractivity contribution in [3.05, 3.63) is 23.9 Å². The van der Waals surface area contributed by atoms with E-state index in [-0.39, 0.29) is 0 Å². The summed E-state index contributed by atoms with van der Waals surface area (Å²) in [5, 5.41) is 6.50. The molecule has 0 bridgehead atoms. The zero-order chi connectivity index (χ0) is 17.6. The summed E-state index contributed by atoms with van der Waals surface area (Å²) in [6, 6.07) is 3.90. The lowest BCUT2D eigenvalue weighted by molar-refractivity contribution is 0.128. The Morgan fingerprint density at radius 2 is 2.04 bits per heavy atom. The molecule has 1 aromatic heterocycles. The van der Waals surface area contributed by atoms with Crippen LogP contribution in [0.15, 0.2) is 23.3 Å². The first kappa shape index (κ1) is 20.2. The van der Waals surface area contributed by atoms with E-state index in [0.29, 0.717) is 31.6 Å². The molecular formula is C18H32N4O2. The van der Waals surface area contributed by atoms with E-state index in [0.717, 1.165) is 37.5 Å². The third-order valence-corrected chi connectivity index (χ3v) is 3.31.